The summed E-state index contributed by atoms with van der Waals surface area (Å²) < 4.78 is 0. The summed E-state index contributed by atoms with van der Waals surface area (Å²) in [5.41, 5.74) is 11.8. The quantitative estimate of drug-likeness (QED) is 0.569. The molecule has 3 N–H and O–H groups in total. The number of benzene rings is 2. The van der Waals surface area contributed by atoms with Gasteiger partial charge >= 0.3 is 0 Å². The summed E-state index contributed by atoms with van der Waals surface area (Å²) in [6, 6.07) is 15.4. The second kappa shape index (κ2) is 4.95. The summed E-state index contributed by atoms with van der Waals surface area (Å²) in [6.45, 7) is 0.393. The number of anilines is 2. The molecule has 0 atom stereocenters. The van der Waals surface area contributed by atoms with E-state index < -0.39 is 0 Å². The van der Waals surface area contributed by atoms with E-state index >= 15 is 0 Å². The van der Waals surface area contributed by atoms with Gasteiger partial charge in [0.15, 0.2) is 5.75 Å². The molecule has 0 aliphatic carbocycles. The van der Waals surface area contributed by atoms with Crippen LogP contribution in [0.25, 0.3) is 0 Å². The van der Waals surface area contributed by atoms with Crippen molar-refractivity contribution < 1.29 is 9.78 Å². The Morgan fingerprint density at radius 2 is 1.72 bits per heavy atom. The molecule has 2 aromatic carbocycles. The average Bonchev–Trinajstić information content (AvgIpc) is 2.87. The normalized spacial score (nSPS) is 12.4. The maximum absolute atomic E-state index is 5.20. The average molecular weight is 243 g/mol. The molecule has 0 fully saturated rings. The number of hydrogen-bond donors (Lipinski definition) is 3. The smallest absolute Gasteiger partial charge is 0.165 e. The van der Waals surface area contributed by atoms with E-state index in [1.807, 2.05) is 48.5 Å². The van der Waals surface area contributed by atoms with Crippen LogP contribution in [0.5, 0.6) is 5.75 Å². The van der Waals surface area contributed by atoms with Crippen molar-refractivity contribution in [1.29, 1.82) is 0 Å². The minimum absolute atomic E-state index is 0.393. The van der Waals surface area contributed by atoms with Crippen molar-refractivity contribution in [3.05, 3.63) is 54.1 Å². The molecule has 0 saturated carbocycles. The first-order valence-corrected chi connectivity index (χ1v) is 5.66. The van der Waals surface area contributed by atoms with Crippen LogP contribution in [0.2, 0.25) is 0 Å². The predicted octanol–water partition coefficient (Wildman–Crippen LogP) is 2.45. The van der Waals surface area contributed by atoms with Crippen LogP contribution in [0.1, 0.15) is 5.56 Å². The Morgan fingerprint density at radius 1 is 0.889 bits per heavy atom. The minimum Gasteiger partial charge on any atom is -0.337 e. The van der Waals surface area contributed by atoms with Gasteiger partial charge in [0.1, 0.15) is 6.61 Å². The molecule has 5 heteroatoms. The van der Waals surface area contributed by atoms with Gasteiger partial charge in [0.05, 0.1) is 11.4 Å². The van der Waals surface area contributed by atoms with E-state index in [0.29, 0.717) is 12.4 Å². The molecule has 0 spiro atoms. The molecule has 3 rings (SSSR count). The van der Waals surface area contributed by atoms with Gasteiger partial charge in [-0.1, -0.05) is 24.3 Å². The van der Waals surface area contributed by atoms with Gasteiger partial charge in [-0.25, -0.2) is 0 Å². The van der Waals surface area contributed by atoms with Crippen LogP contribution in [0.15, 0.2) is 48.5 Å². The van der Waals surface area contributed by atoms with Crippen LogP contribution in [-0.4, -0.2) is 0 Å². The zero-order valence-electron chi connectivity index (χ0n) is 9.64. The summed E-state index contributed by atoms with van der Waals surface area (Å²) in [7, 11) is 0. The molecular weight excluding hydrogens is 230 g/mol. The Morgan fingerprint density at radius 3 is 2.61 bits per heavy atom. The van der Waals surface area contributed by atoms with E-state index in [0.717, 1.165) is 16.9 Å². The highest BCUT2D eigenvalue weighted by Gasteiger charge is 2.08. The standard InChI is InChI=1S/C13H13N3O2/c1-2-4-11(5-3-1)18-17-9-10-6-7-12-13(8-10)15-16-14-12/h1-8,14-16H,9H2. The van der Waals surface area contributed by atoms with Gasteiger partial charge in [-0.3, -0.25) is 0 Å². The van der Waals surface area contributed by atoms with Crippen molar-refractivity contribution in [2.75, 3.05) is 10.9 Å². The Labute approximate surface area is 105 Å². The molecule has 1 aliphatic rings. The van der Waals surface area contributed by atoms with Crippen LogP contribution < -0.4 is 21.3 Å². The fraction of sp³-hybridized carbons (Fsp3) is 0.0769. The Balaban J connectivity index is 1.57. The number of hydrazine groups is 2. The third kappa shape index (κ3) is 2.37. The second-order valence-corrected chi connectivity index (χ2v) is 3.91. The Bertz CT molecular complexity index is 531. The lowest BCUT2D eigenvalue weighted by Crippen LogP contribution is -2.19. The lowest BCUT2D eigenvalue weighted by Gasteiger charge is -2.06. The highest BCUT2D eigenvalue weighted by molar-refractivity contribution is 5.72. The molecule has 1 aliphatic heterocycles. The lowest BCUT2D eigenvalue weighted by molar-refractivity contribution is -0.217. The number of hydrogen-bond acceptors (Lipinski definition) is 5. The molecule has 1 heterocycles. The fourth-order valence-corrected chi connectivity index (χ4v) is 1.70. The Kier molecular flexibility index (Phi) is 2.99. The molecule has 18 heavy (non-hydrogen) atoms. The largest absolute Gasteiger partial charge is 0.337 e. The van der Waals surface area contributed by atoms with Crippen LogP contribution in [0.3, 0.4) is 0 Å². The molecule has 0 saturated heterocycles. The zero-order valence-corrected chi connectivity index (χ0v) is 9.64. The molecule has 92 valence electrons. The third-order valence-corrected chi connectivity index (χ3v) is 2.60. The minimum atomic E-state index is 0.393. The molecular formula is C13H13N3O2. The van der Waals surface area contributed by atoms with E-state index in [-0.39, 0.29) is 0 Å². The maximum atomic E-state index is 5.20. The van der Waals surface area contributed by atoms with E-state index in [4.69, 9.17) is 9.78 Å². The van der Waals surface area contributed by atoms with Crippen molar-refractivity contribution in [3.8, 4) is 5.75 Å². The van der Waals surface area contributed by atoms with Gasteiger partial charge in [-0.15, -0.1) is 5.53 Å². The summed E-state index contributed by atoms with van der Waals surface area (Å²) in [4.78, 5) is 10.4. The SMILES string of the molecule is c1ccc(OOCc2ccc3c(c2)NNN3)cc1. The second-order valence-electron chi connectivity index (χ2n) is 3.91. The number of nitrogens with one attached hydrogen (secondary N) is 3. The number of rotatable bonds is 4. The molecule has 0 aromatic heterocycles. The van der Waals surface area contributed by atoms with Crippen molar-refractivity contribution in [1.82, 2.24) is 5.53 Å². The molecule has 0 amide bonds. The van der Waals surface area contributed by atoms with Crippen molar-refractivity contribution in [2.24, 2.45) is 0 Å². The number of fused-ring (bicyclic) bond motifs is 1. The zero-order chi connectivity index (χ0) is 12.2. The summed E-state index contributed by atoms with van der Waals surface area (Å²) in [6.07, 6.45) is 0. The van der Waals surface area contributed by atoms with Crippen LogP contribution in [-0.2, 0) is 11.5 Å². The lowest BCUT2D eigenvalue weighted by atomic mass is 10.2. The molecule has 5 nitrogen and oxygen atoms in total. The monoisotopic (exact) mass is 243 g/mol. The summed E-state index contributed by atoms with van der Waals surface area (Å²) in [5, 5.41) is 0. The molecule has 0 bridgehead atoms. The van der Waals surface area contributed by atoms with Crippen molar-refractivity contribution >= 4 is 11.4 Å². The van der Waals surface area contributed by atoms with Gasteiger partial charge in [0.25, 0.3) is 0 Å². The Hall–Kier alpha value is -2.24. The van der Waals surface area contributed by atoms with Gasteiger partial charge in [-0.2, -0.15) is 4.89 Å². The third-order valence-electron chi connectivity index (χ3n) is 2.60. The van der Waals surface area contributed by atoms with Crippen LogP contribution in [0, 0.1) is 0 Å². The predicted molar refractivity (Wildman–Crippen MR) is 68.7 cm³/mol. The molecule has 2 aromatic rings. The highest BCUT2D eigenvalue weighted by Crippen LogP contribution is 2.25. The fourth-order valence-electron chi connectivity index (χ4n) is 1.70. The van der Waals surface area contributed by atoms with Crippen LogP contribution >= 0.6 is 0 Å². The first-order chi connectivity index (χ1) is 8.92. The van der Waals surface area contributed by atoms with E-state index in [2.05, 4.69) is 16.4 Å². The van der Waals surface area contributed by atoms with E-state index in [9.17, 15) is 0 Å². The van der Waals surface area contributed by atoms with Crippen molar-refractivity contribution in [2.45, 2.75) is 6.61 Å². The maximum Gasteiger partial charge on any atom is 0.165 e. The molecule has 0 unspecified atom stereocenters. The first-order valence-electron chi connectivity index (χ1n) is 5.66. The summed E-state index contributed by atoms with van der Waals surface area (Å²) in [5.74, 6) is 0.695. The topological polar surface area (TPSA) is 54.6 Å². The highest BCUT2D eigenvalue weighted by atomic mass is 17.2. The van der Waals surface area contributed by atoms with Gasteiger partial charge in [-0.05, 0) is 29.8 Å². The van der Waals surface area contributed by atoms with Crippen LogP contribution in [0.4, 0.5) is 11.4 Å². The van der Waals surface area contributed by atoms with E-state index in [1.165, 1.54) is 0 Å². The summed E-state index contributed by atoms with van der Waals surface area (Å²) >= 11 is 0. The van der Waals surface area contributed by atoms with Crippen molar-refractivity contribution in [3.63, 3.8) is 0 Å². The molecule has 0 radical (unpaired) electrons. The van der Waals surface area contributed by atoms with Gasteiger partial charge in [0, 0.05) is 0 Å². The van der Waals surface area contributed by atoms with Gasteiger partial charge in [0.2, 0.25) is 0 Å². The van der Waals surface area contributed by atoms with E-state index in [1.54, 1.807) is 0 Å². The number of para-hydroxylation sites is 1. The first kappa shape index (κ1) is 10.9. The van der Waals surface area contributed by atoms with Gasteiger partial charge < -0.3 is 15.7 Å².